The van der Waals surface area contributed by atoms with E-state index in [2.05, 4.69) is 5.32 Å². The number of rotatable bonds is 5. The third-order valence-corrected chi connectivity index (χ3v) is 6.79. The van der Waals surface area contributed by atoms with Crippen LogP contribution in [0.3, 0.4) is 0 Å². The minimum absolute atomic E-state index is 0.00633. The molecule has 2 aromatic rings. The molecule has 4 heterocycles. The van der Waals surface area contributed by atoms with Crippen molar-refractivity contribution in [3.63, 3.8) is 0 Å². The normalized spacial score (nSPS) is 24.3. The monoisotopic (exact) mass is 434 g/mol. The van der Waals surface area contributed by atoms with Crippen molar-refractivity contribution >= 4 is 17.8 Å². The lowest BCUT2D eigenvalue weighted by Crippen LogP contribution is -2.50. The van der Waals surface area contributed by atoms with Gasteiger partial charge in [-0.1, -0.05) is 36.4 Å². The van der Waals surface area contributed by atoms with E-state index in [1.807, 2.05) is 41.0 Å². The van der Waals surface area contributed by atoms with E-state index in [-0.39, 0.29) is 35.6 Å². The lowest BCUT2D eigenvalue weighted by atomic mass is 9.83. The zero-order valence-corrected chi connectivity index (χ0v) is 17.8. The molecule has 3 aliphatic heterocycles. The molecule has 4 amide bonds. The van der Waals surface area contributed by atoms with E-state index in [9.17, 15) is 19.2 Å². The number of carbonyl (C=O) groups is 3. The fraction of sp³-hybridized carbons (Fsp3) is 0.417. The maximum atomic E-state index is 13.0. The van der Waals surface area contributed by atoms with Crippen LogP contribution in [0, 0.1) is 5.92 Å². The van der Waals surface area contributed by atoms with Gasteiger partial charge in [0, 0.05) is 43.9 Å². The Kier molecular flexibility index (Phi) is 5.28. The van der Waals surface area contributed by atoms with Crippen molar-refractivity contribution in [1.29, 1.82) is 0 Å². The molecule has 8 heteroatoms. The summed E-state index contributed by atoms with van der Waals surface area (Å²) < 4.78 is 1.83. The van der Waals surface area contributed by atoms with Gasteiger partial charge in [0.25, 0.3) is 11.5 Å². The smallest absolute Gasteiger partial charge is 0.324 e. The number of likely N-dealkylation sites (tertiary alicyclic amines) is 1. The number of hydrogen-bond donors (Lipinski definition) is 1. The molecule has 32 heavy (non-hydrogen) atoms. The number of urea groups is 1. The Morgan fingerprint density at radius 1 is 0.969 bits per heavy atom. The van der Waals surface area contributed by atoms with Crippen molar-refractivity contribution in [3.05, 3.63) is 70.1 Å². The molecule has 1 aromatic heterocycles. The predicted molar refractivity (Wildman–Crippen MR) is 117 cm³/mol. The highest BCUT2D eigenvalue weighted by Crippen LogP contribution is 2.35. The topological polar surface area (TPSA) is 91.7 Å². The Labute approximate surface area is 185 Å². The molecule has 0 aliphatic carbocycles. The van der Waals surface area contributed by atoms with Crippen LogP contribution in [0.4, 0.5) is 4.79 Å². The first-order valence-corrected chi connectivity index (χ1v) is 11.1. The van der Waals surface area contributed by atoms with Crippen molar-refractivity contribution in [1.82, 2.24) is 19.7 Å². The second kappa shape index (κ2) is 8.26. The van der Waals surface area contributed by atoms with Gasteiger partial charge >= 0.3 is 6.03 Å². The van der Waals surface area contributed by atoms with E-state index < -0.39 is 12.1 Å². The van der Waals surface area contributed by atoms with Gasteiger partial charge in [-0.25, -0.2) is 4.79 Å². The highest BCUT2D eigenvalue weighted by atomic mass is 16.2. The number of imide groups is 1. The van der Waals surface area contributed by atoms with E-state index in [0.29, 0.717) is 32.6 Å². The molecule has 1 unspecified atom stereocenters. The highest BCUT2D eigenvalue weighted by Gasteiger charge is 2.41. The zero-order chi connectivity index (χ0) is 22.2. The Bertz CT molecular complexity index is 1110. The van der Waals surface area contributed by atoms with Gasteiger partial charge in [0.1, 0.15) is 6.04 Å². The van der Waals surface area contributed by atoms with Crippen molar-refractivity contribution in [2.45, 2.75) is 37.8 Å². The average Bonchev–Trinajstić information content (AvgIpc) is 3.06. The number of amides is 4. The van der Waals surface area contributed by atoms with Gasteiger partial charge in [-0.2, -0.15) is 0 Å². The third kappa shape index (κ3) is 3.81. The molecular weight excluding hydrogens is 408 g/mol. The summed E-state index contributed by atoms with van der Waals surface area (Å²) in [4.78, 5) is 53.4. The second-order valence-electron chi connectivity index (χ2n) is 8.93. The SMILES string of the molecule is O=C(CC1NC(=O)N(CCc2ccccc2)C1=O)N1C[C@H]2C[C@@H](C1)c1cccc(=O)n1C2. The van der Waals surface area contributed by atoms with Crippen LogP contribution in [0.1, 0.15) is 30.0 Å². The number of hydrogen-bond acceptors (Lipinski definition) is 4. The predicted octanol–water partition coefficient (Wildman–Crippen LogP) is 1.35. The van der Waals surface area contributed by atoms with Crippen LogP contribution in [0.15, 0.2) is 53.3 Å². The molecule has 166 valence electrons. The van der Waals surface area contributed by atoms with E-state index in [1.165, 1.54) is 4.90 Å². The molecule has 1 aromatic carbocycles. The van der Waals surface area contributed by atoms with E-state index in [1.54, 1.807) is 17.0 Å². The van der Waals surface area contributed by atoms with Gasteiger partial charge in [-0.05, 0) is 30.4 Å². The van der Waals surface area contributed by atoms with Crippen LogP contribution >= 0.6 is 0 Å². The van der Waals surface area contributed by atoms with Gasteiger partial charge in [0.2, 0.25) is 5.91 Å². The molecule has 2 fully saturated rings. The second-order valence-corrected chi connectivity index (χ2v) is 8.93. The van der Waals surface area contributed by atoms with Crippen LogP contribution < -0.4 is 10.9 Å². The number of aromatic nitrogens is 1. The van der Waals surface area contributed by atoms with Crippen LogP contribution in [0.25, 0.3) is 0 Å². The van der Waals surface area contributed by atoms with Crippen molar-refractivity contribution in [2.24, 2.45) is 5.92 Å². The van der Waals surface area contributed by atoms with Crippen LogP contribution in [0.2, 0.25) is 0 Å². The van der Waals surface area contributed by atoms with Crippen molar-refractivity contribution in [2.75, 3.05) is 19.6 Å². The Hall–Kier alpha value is -3.42. The molecule has 5 rings (SSSR count). The lowest BCUT2D eigenvalue weighted by Gasteiger charge is -2.43. The number of nitrogens with one attached hydrogen (secondary N) is 1. The minimum atomic E-state index is -0.817. The number of piperidine rings is 1. The molecule has 0 spiro atoms. The number of nitrogens with zero attached hydrogens (tertiary/aromatic N) is 3. The standard InChI is InChI=1S/C24H26N4O4/c29-21-8-4-7-20-18-11-17(14-28(20)21)13-26(15-18)22(30)12-19-23(31)27(24(32)25-19)10-9-16-5-2-1-3-6-16/h1-8,17-19H,9-15H2,(H,25,32)/t17-,18+,19?/m1/s1. The summed E-state index contributed by atoms with van der Waals surface area (Å²) >= 11 is 0. The molecule has 2 bridgehead atoms. The Morgan fingerprint density at radius 2 is 1.78 bits per heavy atom. The third-order valence-electron chi connectivity index (χ3n) is 6.79. The number of fused-ring (bicyclic) bond motifs is 4. The molecule has 8 nitrogen and oxygen atoms in total. The fourth-order valence-corrected chi connectivity index (χ4v) is 5.22. The first kappa shape index (κ1) is 20.5. The highest BCUT2D eigenvalue weighted by molar-refractivity contribution is 6.05. The number of pyridine rings is 1. The maximum Gasteiger partial charge on any atom is 0.324 e. The van der Waals surface area contributed by atoms with Crippen molar-refractivity contribution in [3.8, 4) is 0 Å². The van der Waals surface area contributed by atoms with E-state index in [0.717, 1.165) is 17.7 Å². The Morgan fingerprint density at radius 3 is 2.59 bits per heavy atom. The zero-order valence-electron chi connectivity index (χ0n) is 17.8. The van der Waals surface area contributed by atoms with Crippen LogP contribution in [0.5, 0.6) is 0 Å². The summed E-state index contributed by atoms with van der Waals surface area (Å²) in [7, 11) is 0. The quantitative estimate of drug-likeness (QED) is 0.719. The van der Waals surface area contributed by atoms with Gasteiger partial charge in [-0.15, -0.1) is 0 Å². The lowest BCUT2D eigenvalue weighted by molar-refractivity contribution is -0.137. The van der Waals surface area contributed by atoms with Gasteiger partial charge in [0.05, 0.1) is 6.42 Å². The molecular formula is C24H26N4O4. The summed E-state index contributed by atoms with van der Waals surface area (Å²) in [5.74, 6) is -0.124. The number of carbonyl (C=O) groups excluding carboxylic acids is 3. The van der Waals surface area contributed by atoms with E-state index in [4.69, 9.17) is 0 Å². The molecule has 3 aliphatic rings. The summed E-state index contributed by atoms with van der Waals surface area (Å²) in [5, 5.41) is 2.68. The fourth-order valence-electron chi connectivity index (χ4n) is 5.22. The summed E-state index contributed by atoms with van der Waals surface area (Å²) in [6.45, 7) is 2.01. The minimum Gasteiger partial charge on any atom is -0.342 e. The summed E-state index contributed by atoms with van der Waals surface area (Å²) in [6, 6.07) is 13.7. The van der Waals surface area contributed by atoms with Crippen LogP contribution in [-0.4, -0.2) is 57.9 Å². The van der Waals surface area contributed by atoms with Gasteiger partial charge < -0.3 is 14.8 Å². The maximum absolute atomic E-state index is 13.0. The molecule has 2 saturated heterocycles. The molecule has 0 radical (unpaired) electrons. The van der Waals surface area contributed by atoms with Crippen LogP contribution in [-0.2, 0) is 22.6 Å². The Balaban J connectivity index is 1.21. The van der Waals surface area contributed by atoms with Gasteiger partial charge in [-0.3, -0.25) is 19.3 Å². The molecule has 1 N–H and O–H groups in total. The average molecular weight is 434 g/mol. The first-order valence-electron chi connectivity index (χ1n) is 11.1. The summed E-state index contributed by atoms with van der Waals surface area (Å²) in [5.41, 5.74) is 2.03. The van der Waals surface area contributed by atoms with E-state index >= 15 is 0 Å². The van der Waals surface area contributed by atoms with Gasteiger partial charge in [0.15, 0.2) is 0 Å². The van der Waals surface area contributed by atoms with Crippen molar-refractivity contribution < 1.29 is 14.4 Å². The molecule has 3 atom stereocenters. The number of benzene rings is 1. The largest absolute Gasteiger partial charge is 0.342 e. The summed E-state index contributed by atoms with van der Waals surface area (Å²) in [6.07, 6.45) is 1.50. The molecule has 0 saturated carbocycles. The first-order chi connectivity index (χ1) is 15.5.